The first-order valence-electron chi connectivity index (χ1n) is 6.06. The average Bonchev–Trinajstić information content (AvgIpc) is 2.81. The third kappa shape index (κ3) is 3.27. The topological polar surface area (TPSA) is 83.9 Å². The summed E-state index contributed by atoms with van der Waals surface area (Å²) in [5.41, 5.74) is 2.27. The molecule has 2 aromatic heterocycles. The van der Waals surface area contributed by atoms with Gasteiger partial charge in [0.1, 0.15) is 4.88 Å². The van der Waals surface area contributed by atoms with E-state index in [1.807, 2.05) is 32.0 Å². The van der Waals surface area contributed by atoms with Crippen LogP contribution in [0.4, 0.5) is 5.95 Å². The minimum absolute atomic E-state index is 0.180. The van der Waals surface area contributed by atoms with Crippen molar-refractivity contribution in [3.05, 3.63) is 28.0 Å². The molecule has 0 aromatic carbocycles. The Kier molecular flexibility index (Phi) is 4.23. The lowest BCUT2D eigenvalue weighted by Gasteiger charge is -2.12. The Morgan fingerprint density at radius 3 is 2.70 bits per heavy atom. The number of nitrogens with one attached hydrogen (secondary N) is 1. The Morgan fingerprint density at radius 2 is 2.10 bits per heavy atom. The third-order valence-corrected chi connectivity index (χ3v) is 3.41. The van der Waals surface area contributed by atoms with Gasteiger partial charge in [-0.3, -0.25) is 4.79 Å². The third-order valence-electron chi connectivity index (χ3n) is 2.58. The van der Waals surface area contributed by atoms with Gasteiger partial charge in [-0.05, 0) is 31.4 Å². The summed E-state index contributed by atoms with van der Waals surface area (Å²) in [7, 11) is 3.76. The Hall–Kier alpha value is -2.09. The van der Waals surface area contributed by atoms with E-state index >= 15 is 0 Å². The molecule has 1 N–H and O–H groups in total. The Balaban J connectivity index is 2.08. The second kappa shape index (κ2) is 5.91. The van der Waals surface area contributed by atoms with Crippen molar-refractivity contribution >= 4 is 23.4 Å². The first kappa shape index (κ1) is 14.3. The summed E-state index contributed by atoms with van der Waals surface area (Å²) < 4.78 is 3.75. The van der Waals surface area contributed by atoms with Crippen molar-refractivity contribution in [3.8, 4) is 0 Å². The van der Waals surface area contributed by atoms with Crippen LogP contribution in [0, 0.1) is 13.8 Å². The van der Waals surface area contributed by atoms with Crippen LogP contribution in [0.3, 0.4) is 0 Å². The van der Waals surface area contributed by atoms with Gasteiger partial charge in [0.05, 0.1) is 17.9 Å². The molecule has 20 heavy (non-hydrogen) atoms. The van der Waals surface area contributed by atoms with Crippen LogP contribution >= 0.6 is 11.5 Å². The number of aromatic nitrogens is 4. The molecule has 0 unspecified atom stereocenters. The van der Waals surface area contributed by atoms with Crippen LogP contribution in [-0.2, 0) is 6.54 Å². The summed E-state index contributed by atoms with van der Waals surface area (Å²) >= 11 is 1.09. The highest BCUT2D eigenvalue weighted by Crippen LogP contribution is 2.10. The van der Waals surface area contributed by atoms with Gasteiger partial charge in [0.25, 0.3) is 5.91 Å². The largest absolute Gasteiger partial charge is 0.347 e. The molecule has 0 saturated heterocycles. The Labute approximate surface area is 121 Å². The molecule has 7 nitrogen and oxygen atoms in total. The van der Waals surface area contributed by atoms with Gasteiger partial charge in [-0.1, -0.05) is 4.49 Å². The highest BCUT2D eigenvalue weighted by molar-refractivity contribution is 7.07. The fourth-order valence-electron chi connectivity index (χ4n) is 1.60. The molecule has 0 spiro atoms. The normalized spacial score (nSPS) is 10.4. The summed E-state index contributed by atoms with van der Waals surface area (Å²) in [6, 6.07) is 1.85. The predicted octanol–water partition coefficient (Wildman–Crippen LogP) is 0.941. The summed E-state index contributed by atoms with van der Waals surface area (Å²) in [6.07, 6.45) is 0. The van der Waals surface area contributed by atoms with Crippen LogP contribution < -0.4 is 10.2 Å². The minimum atomic E-state index is -0.180. The minimum Gasteiger partial charge on any atom is -0.347 e. The zero-order valence-corrected chi connectivity index (χ0v) is 12.7. The van der Waals surface area contributed by atoms with Crippen LogP contribution in [0.15, 0.2) is 6.07 Å². The summed E-state index contributed by atoms with van der Waals surface area (Å²) in [5, 5.41) is 6.64. The fraction of sp³-hybridized carbons (Fsp3) is 0.417. The summed E-state index contributed by atoms with van der Waals surface area (Å²) in [6.45, 7) is 4.01. The zero-order valence-electron chi connectivity index (χ0n) is 11.8. The summed E-state index contributed by atoms with van der Waals surface area (Å²) in [4.78, 5) is 23.0. The molecule has 2 heterocycles. The van der Waals surface area contributed by atoms with E-state index in [0.717, 1.165) is 22.9 Å². The standard InChI is InChI=1S/C12H16N6OS/c1-7-5-9(15-12(14-7)18(3)4)6-13-11(19)10-8(2)16-17-20-10/h5H,6H2,1-4H3,(H,13,19). The second-order valence-corrected chi connectivity index (χ2v) is 5.32. The average molecular weight is 292 g/mol. The number of amides is 1. The lowest BCUT2D eigenvalue weighted by atomic mass is 10.3. The van der Waals surface area contributed by atoms with E-state index in [4.69, 9.17) is 0 Å². The molecule has 106 valence electrons. The van der Waals surface area contributed by atoms with Gasteiger partial charge in [0.15, 0.2) is 0 Å². The van der Waals surface area contributed by atoms with E-state index in [0.29, 0.717) is 23.1 Å². The molecule has 2 rings (SSSR count). The van der Waals surface area contributed by atoms with E-state index in [1.165, 1.54) is 0 Å². The maximum absolute atomic E-state index is 12.0. The maximum atomic E-state index is 12.0. The van der Waals surface area contributed by atoms with Gasteiger partial charge in [0.2, 0.25) is 5.95 Å². The number of carbonyl (C=O) groups excluding carboxylic acids is 1. The number of rotatable bonds is 4. The van der Waals surface area contributed by atoms with Gasteiger partial charge in [-0.15, -0.1) is 5.10 Å². The summed E-state index contributed by atoms with van der Waals surface area (Å²) in [5.74, 6) is 0.449. The first-order valence-corrected chi connectivity index (χ1v) is 6.83. The van der Waals surface area contributed by atoms with Gasteiger partial charge < -0.3 is 10.2 Å². The smallest absolute Gasteiger partial charge is 0.265 e. The monoisotopic (exact) mass is 292 g/mol. The molecule has 0 atom stereocenters. The molecule has 0 aliphatic heterocycles. The highest BCUT2D eigenvalue weighted by Gasteiger charge is 2.13. The van der Waals surface area contributed by atoms with Gasteiger partial charge in [0, 0.05) is 19.8 Å². The van der Waals surface area contributed by atoms with E-state index < -0.39 is 0 Å². The molecule has 0 radical (unpaired) electrons. The number of aryl methyl sites for hydroxylation is 2. The maximum Gasteiger partial charge on any atom is 0.265 e. The predicted molar refractivity (Wildman–Crippen MR) is 76.9 cm³/mol. The van der Waals surface area contributed by atoms with Crippen LogP contribution in [0.1, 0.15) is 26.8 Å². The molecular formula is C12H16N6OS. The molecule has 8 heteroatoms. The molecule has 2 aromatic rings. The SMILES string of the molecule is Cc1cc(CNC(=O)c2snnc2C)nc(N(C)C)n1. The number of hydrogen-bond acceptors (Lipinski definition) is 7. The van der Waals surface area contributed by atoms with Crippen LogP contribution in [0.25, 0.3) is 0 Å². The van der Waals surface area contributed by atoms with E-state index in [2.05, 4.69) is 24.9 Å². The van der Waals surface area contributed by atoms with E-state index in [1.54, 1.807) is 6.92 Å². The van der Waals surface area contributed by atoms with Crippen LogP contribution in [0.5, 0.6) is 0 Å². The van der Waals surface area contributed by atoms with Crippen LogP contribution in [-0.4, -0.2) is 39.6 Å². The molecule has 0 saturated carbocycles. The molecular weight excluding hydrogens is 276 g/mol. The highest BCUT2D eigenvalue weighted by atomic mass is 32.1. The molecule has 1 amide bonds. The van der Waals surface area contributed by atoms with E-state index in [9.17, 15) is 4.79 Å². The number of carbonyl (C=O) groups is 1. The van der Waals surface area contributed by atoms with E-state index in [-0.39, 0.29) is 5.91 Å². The van der Waals surface area contributed by atoms with Crippen molar-refractivity contribution in [2.45, 2.75) is 20.4 Å². The molecule has 0 aliphatic rings. The Bertz CT molecular complexity index is 624. The quantitative estimate of drug-likeness (QED) is 0.903. The van der Waals surface area contributed by atoms with Crippen molar-refractivity contribution in [1.29, 1.82) is 0 Å². The van der Waals surface area contributed by atoms with Crippen molar-refractivity contribution in [3.63, 3.8) is 0 Å². The van der Waals surface area contributed by atoms with Crippen LogP contribution in [0.2, 0.25) is 0 Å². The lowest BCUT2D eigenvalue weighted by molar-refractivity contribution is 0.0953. The van der Waals surface area contributed by atoms with Crippen molar-refractivity contribution < 1.29 is 4.79 Å². The number of anilines is 1. The molecule has 0 bridgehead atoms. The van der Waals surface area contributed by atoms with Gasteiger partial charge >= 0.3 is 0 Å². The fourth-order valence-corrected chi connectivity index (χ4v) is 2.17. The van der Waals surface area contributed by atoms with Gasteiger partial charge in [-0.25, -0.2) is 9.97 Å². The van der Waals surface area contributed by atoms with Gasteiger partial charge in [-0.2, -0.15) is 0 Å². The second-order valence-electron chi connectivity index (χ2n) is 4.57. The Morgan fingerprint density at radius 1 is 1.35 bits per heavy atom. The lowest BCUT2D eigenvalue weighted by Crippen LogP contribution is -2.24. The number of hydrogen-bond donors (Lipinski definition) is 1. The first-order chi connectivity index (χ1) is 9.47. The molecule has 0 fully saturated rings. The van der Waals surface area contributed by atoms with Crippen molar-refractivity contribution in [2.75, 3.05) is 19.0 Å². The van der Waals surface area contributed by atoms with Crippen molar-refractivity contribution in [2.24, 2.45) is 0 Å². The molecule has 0 aliphatic carbocycles. The zero-order chi connectivity index (χ0) is 14.7. The van der Waals surface area contributed by atoms with Crippen molar-refractivity contribution in [1.82, 2.24) is 24.9 Å². The number of nitrogens with zero attached hydrogens (tertiary/aromatic N) is 5.